The Labute approximate surface area is 110 Å². The van der Waals surface area contributed by atoms with Crippen molar-refractivity contribution in [2.75, 3.05) is 0 Å². The SMILES string of the molecule is Cc1c(Cl)nnc(Oc2cccc(C#N)c2)c1C. The number of aromatic nitrogens is 2. The van der Waals surface area contributed by atoms with E-state index < -0.39 is 0 Å². The van der Waals surface area contributed by atoms with Crippen molar-refractivity contribution in [1.29, 1.82) is 5.26 Å². The second-order valence-corrected chi connectivity index (χ2v) is 4.15. The molecule has 0 radical (unpaired) electrons. The van der Waals surface area contributed by atoms with Gasteiger partial charge >= 0.3 is 0 Å². The number of rotatable bonds is 2. The standard InChI is InChI=1S/C13H10ClN3O/c1-8-9(2)13(17-16-12(8)14)18-11-5-3-4-10(6-11)7-15/h3-6H,1-2H3. The zero-order valence-electron chi connectivity index (χ0n) is 9.94. The van der Waals surface area contributed by atoms with Gasteiger partial charge in [0.25, 0.3) is 0 Å². The van der Waals surface area contributed by atoms with Crippen LogP contribution in [0.5, 0.6) is 11.6 Å². The maximum Gasteiger partial charge on any atom is 0.242 e. The van der Waals surface area contributed by atoms with Crippen LogP contribution in [0.15, 0.2) is 24.3 Å². The van der Waals surface area contributed by atoms with Gasteiger partial charge < -0.3 is 4.74 Å². The Morgan fingerprint density at radius 2 is 2.00 bits per heavy atom. The fourth-order valence-corrected chi connectivity index (χ4v) is 1.57. The van der Waals surface area contributed by atoms with Gasteiger partial charge in [0.2, 0.25) is 5.88 Å². The van der Waals surface area contributed by atoms with E-state index in [1.165, 1.54) is 0 Å². The molecule has 0 atom stereocenters. The summed E-state index contributed by atoms with van der Waals surface area (Å²) >= 11 is 5.86. The topological polar surface area (TPSA) is 58.8 Å². The second-order valence-electron chi connectivity index (χ2n) is 3.79. The van der Waals surface area contributed by atoms with Gasteiger partial charge in [-0.1, -0.05) is 17.7 Å². The minimum atomic E-state index is 0.366. The Hall–Kier alpha value is -2.12. The molecular formula is C13H10ClN3O. The van der Waals surface area contributed by atoms with Gasteiger partial charge in [-0.3, -0.25) is 0 Å². The van der Waals surface area contributed by atoms with Gasteiger partial charge in [-0.05, 0) is 37.6 Å². The van der Waals surface area contributed by atoms with Gasteiger partial charge in [-0.25, -0.2) is 0 Å². The molecule has 5 heteroatoms. The molecule has 0 N–H and O–H groups in total. The van der Waals surface area contributed by atoms with E-state index in [0.29, 0.717) is 22.3 Å². The highest BCUT2D eigenvalue weighted by Crippen LogP contribution is 2.27. The highest BCUT2D eigenvalue weighted by atomic mass is 35.5. The van der Waals surface area contributed by atoms with Crippen LogP contribution in [-0.4, -0.2) is 10.2 Å². The first-order valence-corrected chi connectivity index (χ1v) is 5.67. The Morgan fingerprint density at radius 1 is 1.22 bits per heavy atom. The van der Waals surface area contributed by atoms with Crippen LogP contribution in [0.4, 0.5) is 0 Å². The molecule has 4 nitrogen and oxygen atoms in total. The van der Waals surface area contributed by atoms with Gasteiger partial charge in [-0.15, -0.1) is 10.2 Å². The fraction of sp³-hybridized carbons (Fsp3) is 0.154. The van der Waals surface area contributed by atoms with Crippen LogP contribution in [0.1, 0.15) is 16.7 Å². The van der Waals surface area contributed by atoms with Crippen LogP contribution < -0.4 is 4.74 Å². The lowest BCUT2D eigenvalue weighted by molar-refractivity contribution is 0.450. The van der Waals surface area contributed by atoms with Crippen molar-refractivity contribution in [3.05, 3.63) is 46.1 Å². The molecule has 0 aliphatic carbocycles. The first-order valence-electron chi connectivity index (χ1n) is 5.29. The number of ether oxygens (including phenoxy) is 1. The lowest BCUT2D eigenvalue weighted by Crippen LogP contribution is -1.97. The quantitative estimate of drug-likeness (QED) is 0.829. The number of benzene rings is 1. The molecule has 2 aromatic rings. The summed E-state index contributed by atoms with van der Waals surface area (Å²) in [6, 6.07) is 8.91. The average Bonchev–Trinajstić information content (AvgIpc) is 2.40. The predicted molar refractivity (Wildman–Crippen MR) is 67.7 cm³/mol. The predicted octanol–water partition coefficient (Wildman–Crippen LogP) is 3.41. The van der Waals surface area contributed by atoms with Crippen LogP contribution in [-0.2, 0) is 0 Å². The summed E-state index contributed by atoms with van der Waals surface area (Å²) < 4.78 is 5.60. The van der Waals surface area contributed by atoms with Crippen molar-refractivity contribution in [1.82, 2.24) is 10.2 Å². The van der Waals surface area contributed by atoms with Crippen molar-refractivity contribution in [2.24, 2.45) is 0 Å². The summed E-state index contributed by atoms with van der Waals surface area (Å²) in [4.78, 5) is 0. The number of hydrogen-bond acceptors (Lipinski definition) is 4. The highest BCUT2D eigenvalue weighted by Gasteiger charge is 2.10. The molecule has 1 aromatic heterocycles. The summed E-state index contributed by atoms with van der Waals surface area (Å²) in [5.41, 5.74) is 2.19. The number of nitriles is 1. The molecule has 90 valence electrons. The number of nitrogens with zero attached hydrogens (tertiary/aromatic N) is 3. The molecule has 0 amide bonds. The zero-order chi connectivity index (χ0) is 13.1. The maximum absolute atomic E-state index is 8.81. The molecule has 0 bridgehead atoms. The Morgan fingerprint density at radius 3 is 2.72 bits per heavy atom. The van der Waals surface area contributed by atoms with E-state index in [-0.39, 0.29) is 0 Å². The molecule has 18 heavy (non-hydrogen) atoms. The summed E-state index contributed by atoms with van der Waals surface area (Å²) in [5, 5.41) is 16.9. The summed E-state index contributed by atoms with van der Waals surface area (Å²) in [6.07, 6.45) is 0. The van der Waals surface area contributed by atoms with E-state index in [1.54, 1.807) is 24.3 Å². The molecule has 2 rings (SSSR count). The van der Waals surface area contributed by atoms with Crippen LogP contribution in [0.2, 0.25) is 5.15 Å². The third kappa shape index (κ3) is 2.41. The molecule has 1 heterocycles. The first-order chi connectivity index (χ1) is 8.61. The van der Waals surface area contributed by atoms with E-state index in [1.807, 2.05) is 13.8 Å². The average molecular weight is 260 g/mol. The Balaban J connectivity index is 2.35. The summed E-state index contributed by atoms with van der Waals surface area (Å²) in [6.45, 7) is 3.71. The third-order valence-electron chi connectivity index (χ3n) is 2.60. The molecule has 0 spiro atoms. The Kier molecular flexibility index (Phi) is 3.45. The van der Waals surface area contributed by atoms with Crippen molar-refractivity contribution in [2.45, 2.75) is 13.8 Å². The van der Waals surface area contributed by atoms with Crippen LogP contribution in [0.3, 0.4) is 0 Å². The zero-order valence-corrected chi connectivity index (χ0v) is 10.7. The summed E-state index contributed by atoms with van der Waals surface area (Å²) in [7, 11) is 0. The molecule has 0 saturated carbocycles. The summed E-state index contributed by atoms with van der Waals surface area (Å²) in [5.74, 6) is 0.945. The minimum Gasteiger partial charge on any atom is -0.437 e. The van der Waals surface area contributed by atoms with Crippen molar-refractivity contribution in [3.63, 3.8) is 0 Å². The van der Waals surface area contributed by atoms with Crippen LogP contribution in [0.25, 0.3) is 0 Å². The first kappa shape index (κ1) is 12.3. The normalized spacial score (nSPS) is 9.89. The van der Waals surface area contributed by atoms with Crippen LogP contribution >= 0.6 is 11.6 Å². The lowest BCUT2D eigenvalue weighted by atomic mass is 10.2. The van der Waals surface area contributed by atoms with Crippen molar-refractivity contribution < 1.29 is 4.74 Å². The minimum absolute atomic E-state index is 0.366. The lowest BCUT2D eigenvalue weighted by Gasteiger charge is -2.09. The van der Waals surface area contributed by atoms with Gasteiger partial charge in [0, 0.05) is 5.56 Å². The smallest absolute Gasteiger partial charge is 0.242 e. The van der Waals surface area contributed by atoms with Gasteiger partial charge in [-0.2, -0.15) is 5.26 Å². The Bertz CT molecular complexity index is 635. The van der Waals surface area contributed by atoms with E-state index in [0.717, 1.165) is 11.1 Å². The largest absolute Gasteiger partial charge is 0.437 e. The molecule has 0 aliphatic rings. The van der Waals surface area contributed by atoms with Crippen molar-refractivity contribution >= 4 is 11.6 Å². The number of hydrogen-bond donors (Lipinski definition) is 0. The third-order valence-corrected chi connectivity index (χ3v) is 2.96. The van der Waals surface area contributed by atoms with E-state index >= 15 is 0 Å². The molecule has 0 saturated heterocycles. The molecule has 1 aromatic carbocycles. The number of halogens is 1. The second kappa shape index (κ2) is 5.03. The monoisotopic (exact) mass is 259 g/mol. The highest BCUT2D eigenvalue weighted by molar-refractivity contribution is 6.30. The van der Waals surface area contributed by atoms with E-state index in [4.69, 9.17) is 21.6 Å². The molecule has 0 fully saturated rings. The fourth-order valence-electron chi connectivity index (χ4n) is 1.39. The van der Waals surface area contributed by atoms with E-state index in [9.17, 15) is 0 Å². The van der Waals surface area contributed by atoms with E-state index in [2.05, 4.69) is 16.3 Å². The van der Waals surface area contributed by atoms with Gasteiger partial charge in [0.05, 0.1) is 11.6 Å². The molecule has 0 aliphatic heterocycles. The molecular weight excluding hydrogens is 250 g/mol. The van der Waals surface area contributed by atoms with Gasteiger partial charge in [0.1, 0.15) is 5.75 Å². The maximum atomic E-state index is 8.81. The van der Waals surface area contributed by atoms with Crippen molar-refractivity contribution in [3.8, 4) is 17.7 Å². The molecule has 0 unspecified atom stereocenters. The van der Waals surface area contributed by atoms with Gasteiger partial charge in [0.15, 0.2) is 5.15 Å². The van der Waals surface area contributed by atoms with Crippen LogP contribution in [0, 0.1) is 25.2 Å².